The van der Waals surface area contributed by atoms with E-state index in [1.165, 1.54) is 0 Å². The summed E-state index contributed by atoms with van der Waals surface area (Å²) in [6.07, 6.45) is -5.01. The zero-order chi connectivity index (χ0) is 15.0. The lowest BCUT2D eigenvalue weighted by Gasteiger charge is -2.26. The highest BCUT2D eigenvalue weighted by Crippen LogP contribution is 2.06. The Kier molecular flexibility index (Phi) is 9.32. The van der Waals surface area contributed by atoms with Gasteiger partial charge in [-0.05, 0) is 6.42 Å². The Labute approximate surface area is 117 Å². The topological polar surface area (TPSA) is 130 Å². The number of aliphatic hydroxyl groups excluding tert-OH is 5. The smallest absolute Gasteiger partial charge is 0.232 e. The van der Waals surface area contributed by atoms with Crippen LogP contribution in [0.25, 0.3) is 0 Å². The first-order valence-electron chi connectivity index (χ1n) is 6.14. The second kappa shape index (κ2) is 9.51. The average Bonchev–Trinajstić information content (AvgIpc) is 2.41. The molecule has 114 valence electrons. The third-order valence-electron chi connectivity index (χ3n) is 2.68. The van der Waals surface area contributed by atoms with Crippen molar-refractivity contribution in [2.45, 2.75) is 49.4 Å². The molecule has 0 aliphatic rings. The van der Waals surface area contributed by atoms with E-state index in [1.54, 1.807) is 0 Å². The first-order chi connectivity index (χ1) is 8.84. The van der Waals surface area contributed by atoms with Gasteiger partial charge in [0.25, 0.3) is 0 Å². The lowest BCUT2D eigenvalue weighted by Crippen LogP contribution is -2.50. The van der Waals surface area contributed by atoms with Crippen molar-refractivity contribution < 1.29 is 30.3 Å². The second-order valence-corrected chi connectivity index (χ2v) is 4.97. The molecule has 0 bridgehead atoms. The number of nitrogens with one attached hydrogen (secondary N) is 1. The average molecular weight is 297 g/mol. The minimum absolute atomic E-state index is 0.282. The molecule has 0 aromatic rings. The molecule has 0 heterocycles. The summed E-state index contributed by atoms with van der Waals surface area (Å²) in [6, 6.07) is 0. The molecule has 0 fully saturated rings. The third-order valence-corrected chi connectivity index (χ3v) is 3.17. The normalized spacial score (nSPS) is 19.3. The molecule has 7 nitrogen and oxygen atoms in total. The van der Waals surface area contributed by atoms with Gasteiger partial charge in [0.1, 0.15) is 18.3 Å². The maximum atomic E-state index is 11.5. The standard InChI is InChI=1S/C11H23NO6S/c1-2-3-8(19)11(18)12-4-6(14)9(16)10(17)7(15)5-13/h6-10,13-17,19H,2-5H2,1H3,(H,12,18)/t6-,7+,8?,9+,10+/m0/s1. The molecule has 0 aliphatic carbocycles. The Morgan fingerprint density at radius 2 is 1.68 bits per heavy atom. The van der Waals surface area contributed by atoms with Crippen molar-refractivity contribution in [3.63, 3.8) is 0 Å². The van der Waals surface area contributed by atoms with Crippen LogP contribution in [0.2, 0.25) is 0 Å². The van der Waals surface area contributed by atoms with Crippen LogP contribution < -0.4 is 5.32 Å². The zero-order valence-corrected chi connectivity index (χ0v) is 11.7. The quantitative estimate of drug-likeness (QED) is 0.238. The predicted molar refractivity (Wildman–Crippen MR) is 71.8 cm³/mol. The molecule has 1 amide bonds. The number of amides is 1. The highest BCUT2D eigenvalue weighted by Gasteiger charge is 2.30. The van der Waals surface area contributed by atoms with Crippen molar-refractivity contribution >= 4 is 18.5 Å². The van der Waals surface area contributed by atoms with Crippen LogP contribution >= 0.6 is 12.6 Å². The number of aliphatic hydroxyl groups is 5. The van der Waals surface area contributed by atoms with Gasteiger partial charge in [0.05, 0.1) is 18.0 Å². The second-order valence-electron chi connectivity index (χ2n) is 4.35. The van der Waals surface area contributed by atoms with Gasteiger partial charge in [0.2, 0.25) is 5.91 Å². The Hall–Kier alpha value is -0.380. The summed E-state index contributed by atoms with van der Waals surface area (Å²) >= 11 is 4.07. The van der Waals surface area contributed by atoms with E-state index in [-0.39, 0.29) is 12.5 Å². The van der Waals surface area contributed by atoms with Crippen molar-refractivity contribution in [3.05, 3.63) is 0 Å². The molecule has 0 aromatic heterocycles. The summed E-state index contributed by atoms with van der Waals surface area (Å²) in [5, 5.41) is 48.0. The molecule has 8 heteroatoms. The number of carbonyl (C=O) groups excluding carboxylic acids is 1. The summed E-state index contributed by atoms with van der Waals surface area (Å²) in [4.78, 5) is 11.5. The van der Waals surface area contributed by atoms with E-state index in [4.69, 9.17) is 10.2 Å². The summed E-state index contributed by atoms with van der Waals surface area (Å²) < 4.78 is 0. The van der Waals surface area contributed by atoms with Gasteiger partial charge in [-0.3, -0.25) is 4.79 Å². The molecule has 0 radical (unpaired) electrons. The molecular weight excluding hydrogens is 274 g/mol. The van der Waals surface area contributed by atoms with Crippen molar-refractivity contribution in [3.8, 4) is 0 Å². The van der Waals surface area contributed by atoms with Crippen LogP contribution in [0.1, 0.15) is 19.8 Å². The van der Waals surface area contributed by atoms with Crippen molar-refractivity contribution in [1.29, 1.82) is 0 Å². The minimum atomic E-state index is -1.70. The maximum Gasteiger partial charge on any atom is 0.232 e. The van der Waals surface area contributed by atoms with Gasteiger partial charge in [-0.1, -0.05) is 13.3 Å². The van der Waals surface area contributed by atoms with Crippen molar-refractivity contribution in [2.24, 2.45) is 0 Å². The van der Waals surface area contributed by atoms with Crippen molar-refractivity contribution in [1.82, 2.24) is 5.32 Å². The largest absolute Gasteiger partial charge is 0.394 e. The lowest BCUT2D eigenvalue weighted by atomic mass is 10.0. The number of rotatable bonds is 9. The monoisotopic (exact) mass is 297 g/mol. The van der Waals surface area contributed by atoms with E-state index < -0.39 is 36.3 Å². The van der Waals surface area contributed by atoms with Gasteiger partial charge in [0, 0.05) is 6.54 Å². The highest BCUT2D eigenvalue weighted by atomic mass is 32.1. The van der Waals surface area contributed by atoms with E-state index >= 15 is 0 Å². The zero-order valence-electron chi connectivity index (χ0n) is 10.8. The summed E-state index contributed by atoms with van der Waals surface area (Å²) in [7, 11) is 0. The minimum Gasteiger partial charge on any atom is -0.394 e. The lowest BCUT2D eigenvalue weighted by molar-refractivity contribution is -0.125. The van der Waals surface area contributed by atoms with Crippen LogP contribution in [-0.4, -0.2) is 74.3 Å². The van der Waals surface area contributed by atoms with E-state index in [0.717, 1.165) is 6.42 Å². The SMILES string of the molecule is CCCC(S)C(=O)NC[C@H](O)[C@@H](O)[C@H](O)[C@H](O)CO. The molecule has 0 saturated heterocycles. The van der Waals surface area contributed by atoms with Crippen LogP contribution in [0.5, 0.6) is 0 Å². The van der Waals surface area contributed by atoms with Crippen LogP contribution in [0, 0.1) is 0 Å². The van der Waals surface area contributed by atoms with Crippen LogP contribution in [0.4, 0.5) is 0 Å². The van der Waals surface area contributed by atoms with Crippen LogP contribution in [0.3, 0.4) is 0 Å². The molecule has 6 N–H and O–H groups in total. The van der Waals surface area contributed by atoms with E-state index in [9.17, 15) is 20.1 Å². The number of hydrogen-bond donors (Lipinski definition) is 7. The molecule has 0 spiro atoms. The summed E-state index contributed by atoms with van der Waals surface area (Å²) in [5.41, 5.74) is 0. The number of thiol groups is 1. The first kappa shape index (κ1) is 18.6. The summed E-state index contributed by atoms with van der Waals surface area (Å²) in [6.45, 7) is 0.879. The van der Waals surface area contributed by atoms with E-state index in [1.807, 2.05) is 6.92 Å². The Morgan fingerprint density at radius 3 is 2.16 bits per heavy atom. The van der Waals surface area contributed by atoms with Gasteiger partial charge >= 0.3 is 0 Å². The highest BCUT2D eigenvalue weighted by molar-refractivity contribution is 7.81. The molecule has 19 heavy (non-hydrogen) atoms. The fourth-order valence-electron chi connectivity index (χ4n) is 1.41. The maximum absolute atomic E-state index is 11.5. The fourth-order valence-corrected chi connectivity index (χ4v) is 1.76. The molecule has 5 atom stereocenters. The van der Waals surface area contributed by atoms with Gasteiger partial charge in [-0.15, -0.1) is 0 Å². The Bertz CT molecular complexity index is 268. The predicted octanol–water partition coefficient (Wildman–Crippen LogP) is -2.36. The van der Waals surface area contributed by atoms with Crippen molar-refractivity contribution in [2.75, 3.05) is 13.2 Å². The molecule has 0 saturated carbocycles. The van der Waals surface area contributed by atoms with Gasteiger partial charge in [0.15, 0.2) is 0 Å². The Balaban J connectivity index is 4.16. The molecule has 0 rings (SSSR count). The molecular formula is C11H23NO6S. The van der Waals surface area contributed by atoms with Crippen LogP contribution in [-0.2, 0) is 4.79 Å². The number of hydrogen-bond acceptors (Lipinski definition) is 7. The molecule has 1 unspecified atom stereocenters. The van der Waals surface area contributed by atoms with Gasteiger partial charge in [-0.2, -0.15) is 12.6 Å². The third kappa shape index (κ3) is 6.55. The Morgan fingerprint density at radius 1 is 1.16 bits per heavy atom. The van der Waals surface area contributed by atoms with E-state index in [0.29, 0.717) is 6.42 Å². The van der Waals surface area contributed by atoms with E-state index in [2.05, 4.69) is 17.9 Å². The first-order valence-corrected chi connectivity index (χ1v) is 6.65. The fraction of sp³-hybridized carbons (Fsp3) is 0.909. The van der Waals surface area contributed by atoms with Crippen LogP contribution in [0.15, 0.2) is 0 Å². The molecule has 0 aliphatic heterocycles. The summed E-state index contributed by atoms with van der Waals surface area (Å²) in [5.74, 6) is -0.381. The van der Waals surface area contributed by atoms with Gasteiger partial charge in [-0.25, -0.2) is 0 Å². The molecule has 0 aromatic carbocycles. The number of carbonyl (C=O) groups is 1. The van der Waals surface area contributed by atoms with Gasteiger partial charge < -0.3 is 30.8 Å².